The van der Waals surface area contributed by atoms with Crippen molar-refractivity contribution >= 4 is 22.9 Å². The summed E-state index contributed by atoms with van der Waals surface area (Å²) in [7, 11) is 0. The first kappa shape index (κ1) is 14.4. The van der Waals surface area contributed by atoms with E-state index in [2.05, 4.69) is 10.3 Å². The average Bonchev–Trinajstić information content (AvgIpc) is 2.80. The fraction of sp³-hybridized carbons (Fsp3) is 0.231. The summed E-state index contributed by atoms with van der Waals surface area (Å²) in [5, 5.41) is 5.21. The topological polar surface area (TPSA) is 68.0 Å². The van der Waals surface area contributed by atoms with Crippen LogP contribution in [0.5, 0.6) is 0 Å². The van der Waals surface area contributed by atoms with E-state index in [1.165, 1.54) is 11.3 Å². The van der Waals surface area contributed by atoms with Crippen molar-refractivity contribution in [3.63, 3.8) is 0 Å². The van der Waals surface area contributed by atoms with Crippen LogP contribution in [0.15, 0.2) is 17.5 Å². The minimum atomic E-state index is -1.03. The van der Waals surface area contributed by atoms with Crippen molar-refractivity contribution in [1.82, 2.24) is 10.3 Å². The van der Waals surface area contributed by atoms with Crippen molar-refractivity contribution in [1.29, 1.82) is 0 Å². The van der Waals surface area contributed by atoms with E-state index in [0.717, 1.165) is 22.8 Å². The maximum atomic E-state index is 13.6. The maximum Gasteiger partial charge on any atom is 0.257 e. The number of aromatic nitrogens is 1. The second-order valence-corrected chi connectivity index (χ2v) is 5.16. The number of hydrogen-bond donors (Lipinski definition) is 2. The third kappa shape index (κ3) is 3.11. The zero-order valence-corrected chi connectivity index (χ0v) is 11.6. The molecule has 4 nitrogen and oxygen atoms in total. The van der Waals surface area contributed by atoms with Crippen LogP contribution < -0.4 is 11.1 Å². The number of thiazole rings is 1. The number of nitrogens with two attached hydrogens (primary N) is 1. The molecule has 0 aliphatic carbocycles. The lowest BCUT2D eigenvalue weighted by atomic mass is 10.1. The Morgan fingerprint density at radius 1 is 1.45 bits per heavy atom. The van der Waals surface area contributed by atoms with E-state index in [-0.39, 0.29) is 12.2 Å². The van der Waals surface area contributed by atoms with Gasteiger partial charge in [-0.3, -0.25) is 4.79 Å². The van der Waals surface area contributed by atoms with Crippen LogP contribution in [0.4, 0.5) is 14.5 Å². The summed E-state index contributed by atoms with van der Waals surface area (Å²) in [5.74, 6) is -2.78. The number of carbonyl (C=O) groups excluding carboxylic acids is 1. The molecule has 1 aromatic heterocycles. The summed E-state index contributed by atoms with van der Waals surface area (Å²) < 4.78 is 27.1. The van der Waals surface area contributed by atoms with Gasteiger partial charge in [-0.05, 0) is 19.1 Å². The Labute approximate surface area is 118 Å². The Hall–Kier alpha value is -2.02. The standard InChI is InChI=1S/C13H13F2N3OS/c1-7-6-20-10(18-7)4-5-17-13(19)11-8(14)2-3-9(16)12(11)15/h2-3,6H,4-5,16H2,1H3,(H,17,19). The van der Waals surface area contributed by atoms with Crippen LogP contribution in [0.1, 0.15) is 21.1 Å². The number of nitrogen functional groups attached to an aromatic ring is 1. The van der Waals surface area contributed by atoms with Crippen LogP contribution in [-0.4, -0.2) is 17.4 Å². The van der Waals surface area contributed by atoms with Crippen LogP contribution in [-0.2, 0) is 6.42 Å². The summed E-state index contributed by atoms with van der Waals surface area (Å²) in [6.07, 6.45) is 0.510. The Morgan fingerprint density at radius 3 is 2.85 bits per heavy atom. The van der Waals surface area contributed by atoms with Crippen molar-refractivity contribution in [2.45, 2.75) is 13.3 Å². The van der Waals surface area contributed by atoms with Gasteiger partial charge < -0.3 is 11.1 Å². The van der Waals surface area contributed by atoms with E-state index in [0.29, 0.717) is 6.42 Å². The lowest BCUT2D eigenvalue weighted by Crippen LogP contribution is -2.27. The molecule has 0 saturated heterocycles. The Morgan fingerprint density at radius 2 is 2.20 bits per heavy atom. The highest BCUT2D eigenvalue weighted by molar-refractivity contribution is 7.09. The second-order valence-electron chi connectivity index (χ2n) is 4.21. The van der Waals surface area contributed by atoms with Crippen molar-refractivity contribution in [3.8, 4) is 0 Å². The Bertz CT molecular complexity index is 643. The number of anilines is 1. The summed E-state index contributed by atoms with van der Waals surface area (Å²) in [4.78, 5) is 16.0. The predicted octanol–water partition coefficient (Wildman–Crippen LogP) is 2.28. The van der Waals surface area contributed by atoms with Crippen molar-refractivity contribution in [3.05, 3.63) is 45.4 Å². The number of nitrogens with one attached hydrogen (secondary N) is 1. The van der Waals surface area contributed by atoms with Gasteiger partial charge in [0.1, 0.15) is 11.4 Å². The first-order valence-corrected chi connectivity index (χ1v) is 6.79. The summed E-state index contributed by atoms with van der Waals surface area (Å²) in [6.45, 7) is 2.12. The third-order valence-corrected chi connectivity index (χ3v) is 3.67. The first-order valence-electron chi connectivity index (χ1n) is 5.91. The van der Waals surface area contributed by atoms with Gasteiger partial charge >= 0.3 is 0 Å². The van der Waals surface area contributed by atoms with Crippen molar-refractivity contribution < 1.29 is 13.6 Å². The summed E-state index contributed by atoms with van der Waals surface area (Å²) in [5.41, 5.74) is 5.32. The Kier molecular flexibility index (Phi) is 4.29. The molecule has 7 heteroatoms. The molecule has 0 unspecified atom stereocenters. The van der Waals surface area contributed by atoms with E-state index < -0.39 is 23.1 Å². The van der Waals surface area contributed by atoms with E-state index in [1.54, 1.807) is 0 Å². The van der Waals surface area contributed by atoms with Gasteiger partial charge in [-0.25, -0.2) is 13.8 Å². The molecule has 0 saturated carbocycles. The molecule has 2 rings (SSSR count). The summed E-state index contributed by atoms with van der Waals surface area (Å²) in [6, 6.07) is 2.05. The van der Waals surface area contributed by atoms with Gasteiger partial charge in [0.2, 0.25) is 0 Å². The fourth-order valence-electron chi connectivity index (χ4n) is 1.67. The number of benzene rings is 1. The van der Waals surface area contributed by atoms with E-state index >= 15 is 0 Å². The molecule has 1 amide bonds. The molecule has 0 spiro atoms. The van der Waals surface area contributed by atoms with Gasteiger partial charge in [-0.2, -0.15) is 0 Å². The highest BCUT2D eigenvalue weighted by atomic mass is 32.1. The zero-order chi connectivity index (χ0) is 14.7. The van der Waals surface area contributed by atoms with Crippen molar-refractivity contribution in [2.24, 2.45) is 0 Å². The number of nitrogens with zero attached hydrogens (tertiary/aromatic N) is 1. The first-order chi connectivity index (χ1) is 9.49. The van der Waals surface area contributed by atoms with Gasteiger partial charge in [0.15, 0.2) is 5.82 Å². The van der Waals surface area contributed by atoms with Crippen LogP contribution in [0.25, 0.3) is 0 Å². The molecular formula is C13H13F2N3OS. The van der Waals surface area contributed by atoms with E-state index in [4.69, 9.17) is 5.73 Å². The molecule has 0 aliphatic rings. The largest absolute Gasteiger partial charge is 0.396 e. The lowest BCUT2D eigenvalue weighted by molar-refractivity contribution is 0.0946. The minimum absolute atomic E-state index is 0.249. The average molecular weight is 297 g/mol. The third-order valence-electron chi connectivity index (χ3n) is 2.64. The second kappa shape index (κ2) is 5.96. The normalized spacial score (nSPS) is 10.6. The highest BCUT2D eigenvalue weighted by Crippen LogP contribution is 2.18. The molecular weight excluding hydrogens is 284 g/mol. The number of aryl methyl sites for hydroxylation is 1. The van der Waals surface area contributed by atoms with Crippen LogP contribution in [0.3, 0.4) is 0 Å². The molecule has 20 heavy (non-hydrogen) atoms. The molecule has 0 aliphatic heterocycles. The molecule has 0 bridgehead atoms. The zero-order valence-electron chi connectivity index (χ0n) is 10.7. The number of amides is 1. The highest BCUT2D eigenvalue weighted by Gasteiger charge is 2.19. The number of hydrogen-bond acceptors (Lipinski definition) is 4. The monoisotopic (exact) mass is 297 g/mol. The fourth-order valence-corrected chi connectivity index (χ4v) is 2.44. The molecule has 2 aromatic rings. The molecule has 0 radical (unpaired) electrons. The maximum absolute atomic E-state index is 13.6. The minimum Gasteiger partial charge on any atom is -0.396 e. The van der Waals surface area contributed by atoms with Gasteiger partial charge in [0.25, 0.3) is 5.91 Å². The molecule has 1 aromatic carbocycles. The van der Waals surface area contributed by atoms with E-state index in [9.17, 15) is 13.6 Å². The lowest BCUT2D eigenvalue weighted by Gasteiger charge is -2.07. The number of rotatable bonds is 4. The number of halogens is 2. The van der Waals surface area contributed by atoms with Crippen molar-refractivity contribution in [2.75, 3.05) is 12.3 Å². The van der Waals surface area contributed by atoms with Gasteiger partial charge in [0, 0.05) is 24.0 Å². The molecule has 3 N–H and O–H groups in total. The van der Waals surface area contributed by atoms with Crippen LogP contribution >= 0.6 is 11.3 Å². The van der Waals surface area contributed by atoms with Crippen LogP contribution in [0.2, 0.25) is 0 Å². The SMILES string of the molecule is Cc1csc(CCNC(=O)c2c(F)ccc(N)c2F)n1. The van der Waals surface area contributed by atoms with E-state index in [1.807, 2.05) is 12.3 Å². The molecule has 106 valence electrons. The molecule has 1 heterocycles. The van der Waals surface area contributed by atoms with Gasteiger partial charge in [0.05, 0.1) is 10.7 Å². The summed E-state index contributed by atoms with van der Waals surface area (Å²) >= 11 is 1.48. The number of carbonyl (C=O) groups is 1. The van der Waals surface area contributed by atoms with Crippen LogP contribution in [0, 0.1) is 18.6 Å². The molecule has 0 fully saturated rings. The van der Waals surface area contributed by atoms with Gasteiger partial charge in [-0.1, -0.05) is 0 Å². The molecule has 0 atom stereocenters. The smallest absolute Gasteiger partial charge is 0.257 e. The quantitative estimate of drug-likeness (QED) is 0.851. The van der Waals surface area contributed by atoms with Gasteiger partial charge in [-0.15, -0.1) is 11.3 Å². The Balaban J connectivity index is 2.00. The predicted molar refractivity (Wildman–Crippen MR) is 73.7 cm³/mol.